The molecule has 3 aromatic rings. The van der Waals surface area contributed by atoms with Gasteiger partial charge in [-0.05, 0) is 30.3 Å². The highest BCUT2D eigenvalue weighted by atomic mass is 16.5. The maximum atomic E-state index is 5.97. The van der Waals surface area contributed by atoms with E-state index in [9.17, 15) is 0 Å². The maximum absolute atomic E-state index is 5.97. The topological polar surface area (TPSA) is 57.4 Å². The molecule has 0 aliphatic rings. The third-order valence-corrected chi connectivity index (χ3v) is 3.32. The number of hydrogen-bond donors (Lipinski definition) is 1. The standard InChI is InChI=1S/C17H16N2O2/c1-20-13-4-2-5-14(10-13)21-11-12-7-8-16(18)15-6-3-9-19-17(12)15/h2-10H,11,18H2,1H3. The Morgan fingerprint density at radius 1 is 1.05 bits per heavy atom. The number of methoxy groups -OCH3 is 1. The van der Waals surface area contributed by atoms with Crippen LogP contribution in [0.25, 0.3) is 10.9 Å². The first kappa shape index (κ1) is 13.2. The second-order valence-electron chi connectivity index (χ2n) is 4.68. The highest BCUT2D eigenvalue weighted by molar-refractivity contribution is 5.92. The molecule has 1 aromatic heterocycles. The van der Waals surface area contributed by atoms with E-state index >= 15 is 0 Å². The lowest BCUT2D eigenvalue weighted by Crippen LogP contribution is -1.99. The summed E-state index contributed by atoms with van der Waals surface area (Å²) in [5, 5.41) is 0.948. The zero-order valence-corrected chi connectivity index (χ0v) is 11.7. The van der Waals surface area contributed by atoms with Crippen LogP contribution in [0.5, 0.6) is 11.5 Å². The van der Waals surface area contributed by atoms with Crippen molar-refractivity contribution in [2.24, 2.45) is 0 Å². The van der Waals surface area contributed by atoms with Gasteiger partial charge < -0.3 is 15.2 Å². The van der Waals surface area contributed by atoms with Crippen LogP contribution in [0.1, 0.15) is 5.56 Å². The average Bonchev–Trinajstić information content (AvgIpc) is 2.55. The summed E-state index contributed by atoms with van der Waals surface area (Å²) in [7, 11) is 1.64. The monoisotopic (exact) mass is 280 g/mol. The SMILES string of the molecule is COc1cccc(OCc2ccc(N)c3cccnc23)c1. The second kappa shape index (κ2) is 5.71. The molecule has 0 fully saturated rings. The Bertz CT molecular complexity index is 772. The van der Waals surface area contributed by atoms with Gasteiger partial charge in [0, 0.05) is 28.9 Å². The predicted octanol–water partition coefficient (Wildman–Crippen LogP) is 3.40. The molecule has 0 aliphatic heterocycles. The molecule has 21 heavy (non-hydrogen) atoms. The van der Waals surface area contributed by atoms with Crippen LogP contribution in [0.4, 0.5) is 5.69 Å². The molecule has 0 unspecified atom stereocenters. The van der Waals surface area contributed by atoms with Crippen molar-refractivity contribution in [2.45, 2.75) is 6.61 Å². The summed E-state index contributed by atoms with van der Waals surface area (Å²) in [5.74, 6) is 1.53. The smallest absolute Gasteiger partial charge is 0.123 e. The number of benzene rings is 2. The van der Waals surface area contributed by atoms with E-state index in [1.54, 1.807) is 13.3 Å². The van der Waals surface area contributed by atoms with Gasteiger partial charge in [0.25, 0.3) is 0 Å². The van der Waals surface area contributed by atoms with Crippen molar-refractivity contribution < 1.29 is 9.47 Å². The third-order valence-electron chi connectivity index (χ3n) is 3.32. The first-order valence-electron chi connectivity index (χ1n) is 6.67. The van der Waals surface area contributed by atoms with Crippen LogP contribution in [0.2, 0.25) is 0 Å². The number of nitrogens with two attached hydrogens (primary N) is 1. The van der Waals surface area contributed by atoms with Crippen LogP contribution in [-0.2, 0) is 6.61 Å². The highest BCUT2D eigenvalue weighted by Gasteiger charge is 2.06. The predicted molar refractivity (Wildman–Crippen MR) is 83.5 cm³/mol. The first-order chi connectivity index (χ1) is 10.3. The molecule has 0 atom stereocenters. The summed E-state index contributed by atoms with van der Waals surface area (Å²) in [6.07, 6.45) is 1.76. The largest absolute Gasteiger partial charge is 0.497 e. The molecule has 4 nitrogen and oxygen atoms in total. The molecule has 2 N–H and O–H groups in total. The molecule has 4 heteroatoms. The van der Waals surface area contributed by atoms with Crippen molar-refractivity contribution in [1.29, 1.82) is 0 Å². The summed E-state index contributed by atoms with van der Waals surface area (Å²) < 4.78 is 11.0. The van der Waals surface area contributed by atoms with E-state index in [2.05, 4.69) is 4.98 Å². The molecular formula is C17H16N2O2. The molecule has 2 aromatic carbocycles. The number of nitrogen functional groups attached to an aromatic ring is 1. The van der Waals surface area contributed by atoms with E-state index in [1.165, 1.54) is 0 Å². The Labute approximate surface area is 123 Å². The maximum Gasteiger partial charge on any atom is 0.123 e. The molecule has 0 aliphatic carbocycles. The molecule has 0 bridgehead atoms. The summed E-state index contributed by atoms with van der Waals surface area (Å²) in [6.45, 7) is 0.432. The van der Waals surface area contributed by atoms with Crippen molar-refractivity contribution in [1.82, 2.24) is 4.98 Å². The molecular weight excluding hydrogens is 264 g/mol. The Balaban J connectivity index is 1.87. The third kappa shape index (κ3) is 2.74. The summed E-state index contributed by atoms with van der Waals surface area (Å²) in [6, 6.07) is 15.2. The van der Waals surface area contributed by atoms with E-state index in [1.807, 2.05) is 48.5 Å². The van der Waals surface area contributed by atoms with Crippen LogP contribution in [0, 0.1) is 0 Å². The Morgan fingerprint density at radius 2 is 1.90 bits per heavy atom. The Kier molecular flexibility index (Phi) is 3.60. The minimum absolute atomic E-state index is 0.432. The van der Waals surface area contributed by atoms with Crippen molar-refractivity contribution in [3.63, 3.8) is 0 Å². The van der Waals surface area contributed by atoms with E-state index in [4.69, 9.17) is 15.2 Å². The minimum atomic E-state index is 0.432. The number of anilines is 1. The number of nitrogens with zero attached hydrogens (tertiary/aromatic N) is 1. The number of rotatable bonds is 4. The highest BCUT2D eigenvalue weighted by Crippen LogP contribution is 2.25. The van der Waals surface area contributed by atoms with Gasteiger partial charge in [-0.2, -0.15) is 0 Å². The van der Waals surface area contributed by atoms with E-state index in [0.29, 0.717) is 6.61 Å². The number of hydrogen-bond acceptors (Lipinski definition) is 4. The fourth-order valence-electron chi connectivity index (χ4n) is 2.22. The van der Waals surface area contributed by atoms with Gasteiger partial charge in [-0.3, -0.25) is 4.98 Å². The lowest BCUT2D eigenvalue weighted by molar-refractivity contribution is 0.305. The van der Waals surface area contributed by atoms with Gasteiger partial charge in [0.05, 0.1) is 12.6 Å². The molecule has 0 amide bonds. The summed E-state index contributed by atoms with van der Waals surface area (Å²) in [4.78, 5) is 4.40. The second-order valence-corrected chi connectivity index (χ2v) is 4.68. The zero-order chi connectivity index (χ0) is 14.7. The number of pyridine rings is 1. The van der Waals surface area contributed by atoms with E-state index in [0.717, 1.165) is 33.7 Å². The first-order valence-corrected chi connectivity index (χ1v) is 6.67. The van der Waals surface area contributed by atoms with Crippen LogP contribution in [0.3, 0.4) is 0 Å². The number of aromatic nitrogens is 1. The summed E-state index contributed by atoms with van der Waals surface area (Å²) >= 11 is 0. The molecule has 106 valence electrons. The molecule has 0 spiro atoms. The van der Waals surface area contributed by atoms with Crippen LogP contribution >= 0.6 is 0 Å². The molecule has 0 saturated carbocycles. The Morgan fingerprint density at radius 3 is 2.76 bits per heavy atom. The van der Waals surface area contributed by atoms with Gasteiger partial charge in [-0.25, -0.2) is 0 Å². The minimum Gasteiger partial charge on any atom is -0.497 e. The molecule has 1 heterocycles. The van der Waals surface area contributed by atoms with Crippen molar-refractivity contribution in [2.75, 3.05) is 12.8 Å². The van der Waals surface area contributed by atoms with Crippen molar-refractivity contribution >= 4 is 16.6 Å². The van der Waals surface area contributed by atoms with Crippen LogP contribution in [-0.4, -0.2) is 12.1 Å². The molecule has 0 saturated heterocycles. The number of ether oxygens (including phenoxy) is 2. The van der Waals surface area contributed by atoms with Crippen LogP contribution in [0.15, 0.2) is 54.7 Å². The Hall–Kier alpha value is -2.75. The van der Waals surface area contributed by atoms with Crippen LogP contribution < -0.4 is 15.2 Å². The molecule has 0 radical (unpaired) electrons. The molecule has 3 rings (SSSR count). The van der Waals surface area contributed by atoms with E-state index in [-0.39, 0.29) is 0 Å². The van der Waals surface area contributed by atoms with Crippen molar-refractivity contribution in [3.8, 4) is 11.5 Å². The van der Waals surface area contributed by atoms with Gasteiger partial charge in [0.1, 0.15) is 18.1 Å². The van der Waals surface area contributed by atoms with E-state index < -0.39 is 0 Å². The van der Waals surface area contributed by atoms with Gasteiger partial charge >= 0.3 is 0 Å². The quantitative estimate of drug-likeness (QED) is 0.744. The fraction of sp³-hybridized carbons (Fsp3) is 0.118. The van der Waals surface area contributed by atoms with Gasteiger partial charge in [-0.1, -0.05) is 12.1 Å². The zero-order valence-electron chi connectivity index (χ0n) is 11.7. The van der Waals surface area contributed by atoms with Gasteiger partial charge in [0.2, 0.25) is 0 Å². The normalized spacial score (nSPS) is 10.5. The summed E-state index contributed by atoms with van der Waals surface area (Å²) in [5.41, 5.74) is 8.58. The number of fused-ring (bicyclic) bond motifs is 1. The lowest BCUT2D eigenvalue weighted by atomic mass is 10.1. The van der Waals surface area contributed by atoms with Gasteiger partial charge in [0.15, 0.2) is 0 Å². The van der Waals surface area contributed by atoms with Crippen molar-refractivity contribution in [3.05, 3.63) is 60.3 Å². The van der Waals surface area contributed by atoms with Gasteiger partial charge in [-0.15, -0.1) is 0 Å². The lowest BCUT2D eigenvalue weighted by Gasteiger charge is -2.10. The fourth-order valence-corrected chi connectivity index (χ4v) is 2.22. The average molecular weight is 280 g/mol.